The second-order valence-corrected chi connectivity index (χ2v) is 7.72. The third kappa shape index (κ3) is 4.38. The van der Waals surface area contributed by atoms with Crippen molar-refractivity contribution in [2.24, 2.45) is 21.0 Å². The summed E-state index contributed by atoms with van der Waals surface area (Å²) in [4.78, 5) is 1.27. The largest absolute Gasteiger partial charge is 0.860 e. The van der Waals surface area contributed by atoms with E-state index in [9.17, 15) is 10.2 Å². The topological polar surface area (TPSA) is 77.3 Å². The van der Waals surface area contributed by atoms with Crippen LogP contribution in [0, 0.1) is 10.8 Å². The predicted octanol–water partition coefficient (Wildman–Crippen LogP) is 0.843. The molecule has 2 saturated carbocycles. The van der Waals surface area contributed by atoms with E-state index in [1.165, 1.54) is 10.0 Å². The van der Waals surface area contributed by atoms with Gasteiger partial charge in [-0.1, -0.05) is 38.3 Å². The summed E-state index contributed by atoms with van der Waals surface area (Å²) >= 11 is 10.6. The average molecular weight is 355 g/mol. The van der Waals surface area contributed by atoms with Gasteiger partial charge in [0.15, 0.2) is 0 Å². The summed E-state index contributed by atoms with van der Waals surface area (Å²) in [5.41, 5.74) is -0.0667. The van der Waals surface area contributed by atoms with E-state index in [-0.39, 0.29) is 17.3 Å². The summed E-state index contributed by atoms with van der Waals surface area (Å²) in [6, 6.07) is 0. The third-order valence-electron chi connectivity index (χ3n) is 4.45. The van der Waals surface area contributed by atoms with Crippen molar-refractivity contribution in [2.75, 3.05) is 14.1 Å². The number of nitrogens with zero attached hydrogens (tertiary/aromatic N) is 4. The maximum Gasteiger partial charge on any atom is 0.105 e. The highest BCUT2D eigenvalue weighted by Gasteiger charge is 2.44. The van der Waals surface area contributed by atoms with Gasteiger partial charge in [-0.25, -0.2) is 0 Å². The minimum Gasteiger partial charge on any atom is -0.860 e. The van der Waals surface area contributed by atoms with Crippen LogP contribution in [-0.2, 0) is 0 Å². The number of thiocarbonyl (C=S) groups is 2. The van der Waals surface area contributed by atoms with Gasteiger partial charge in [-0.2, -0.15) is 10.2 Å². The van der Waals surface area contributed by atoms with Crippen LogP contribution in [0.5, 0.6) is 0 Å². The molecule has 0 aromatic carbocycles. The Kier molecular flexibility index (Phi) is 4.96. The molecule has 8 heteroatoms. The van der Waals surface area contributed by atoms with Gasteiger partial charge in [0.25, 0.3) is 0 Å². The molecule has 2 aliphatic rings. The molecule has 0 unspecified atom stereocenters. The Labute approximate surface area is 147 Å². The van der Waals surface area contributed by atoms with Gasteiger partial charge in [0.05, 0.1) is 0 Å². The number of hydrogen-bond donors (Lipinski definition) is 0. The summed E-state index contributed by atoms with van der Waals surface area (Å²) < 4.78 is 0. The van der Waals surface area contributed by atoms with Crippen molar-refractivity contribution in [3.05, 3.63) is 0 Å². The van der Waals surface area contributed by atoms with Gasteiger partial charge in [0.1, 0.15) is 9.98 Å². The molecule has 128 valence electrons. The lowest BCUT2D eigenvalue weighted by Gasteiger charge is -2.25. The maximum atomic E-state index is 11.9. The van der Waals surface area contributed by atoms with Crippen LogP contribution in [0.1, 0.15) is 46.0 Å². The van der Waals surface area contributed by atoms with Gasteiger partial charge in [-0.15, -0.1) is 0 Å². The molecule has 0 aromatic heterocycles. The minimum atomic E-state index is -0.551. The molecule has 6 nitrogen and oxygen atoms in total. The smallest absolute Gasteiger partial charge is 0.105 e. The van der Waals surface area contributed by atoms with E-state index in [1.54, 1.807) is 14.1 Å². The van der Waals surface area contributed by atoms with E-state index >= 15 is 0 Å². The molecule has 2 fully saturated rings. The van der Waals surface area contributed by atoms with E-state index in [0.29, 0.717) is 9.98 Å². The zero-order valence-corrected chi connectivity index (χ0v) is 15.6. The Morgan fingerprint density at radius 2 is 1.17 bits per heavy atom. The number of hydrogen-bond acceptors (Lipinski definition) is 6. The summed E-state index contributed by atoms with van der Waals surface area (Å²) in [6.45, 7) is 4.08. The average Bonchev–Trinajstić information content (AvgIpc) is 3.37. The fourth-order valence-corrected chi connectivity index (χ4v) is 2.70. The molecule has 0 amide bonds. The lowest BCUT2D eigenvalue weighted by atomic mass is 10.1. The van der Waals surface area contributed by atoms with Crippen molar-refractivity contribution in [3.8, 4) is 0 Å². The van der Waals surface area contributed by atoms with E-state index in [0.717, 1.165) is 25.7 Å². The lowest BCUT2D eigenvalue weighted by Crippen LogP contribution is -2.36. The van der Waals surface area contributed by atoms with Gasteiger partial charge in [0, 0.05) is 31.3 Å². The fourth-order valence-electron chi connectivity index (χ4n) is 2.21. The highest BCUT2D eigenvalue weighted by atomic mass is 32.1. The maximum absolute atomic E-state index is 11.9. The lowest BCUT2D eigenvalue weighted by molar-refractivity contribution is -0.234. The van der Waals surface area contributed by atoms with Crippen molar-refractivity contribution in [1.82, 2.24) is 10.0 Å². The van der Waals surface area contributed by atoms with Crippen LogP contribution in [0.2, 0.25) is 0 Å². The van der Waals surface area contributed by atoms with Crippen molar-refractivity contribution in [3.63, 3.8) is 0 Å². The monoisotopic (exact) mass is 354 g/mol. The second kappa shape index (κ2) is 6.32. The molecule has 2 rings (SSSR count). The third-order valence-corrected chi connectivity index (χ3v) is 5.96. The molecular weight excluding hydrogens is 332 g/mol. The first-order valence-corrected chi connectivity index (χ1v) is 8.44. The fraction of sp³-hybridized carbons (Fsp3) is 0.733. The van der Waals surface area contributed by atoms with E-state index < -0.39 is 11.8 Å². The van der Waals surface area contributed by atoms with Crippen LogP contribution >= 0.6 is 24.4 Å². The Balaban J connectivity index is 1.91. The van der Waals surface area contributed by atoms with Crippen LogP contribution in [0.25, 0.3) is 0 Å². The van der Waals surface area contributed by atoms with Crippen LogP contribution in [0.3, 0.4) is 0 Å². The second-order valence-electron chi connectivity index (χ2n) is 6.94. The SMILES string of the molecule is CN(/N=C(\[O-])C/C([O-])=N/N(C)C(=S)C1(C)CC1)C(=S)C1(C)CC1. The van der Waals surface area contributed by atoms with Gasteiger partial charge < -0.3 is 10.2 Å². The number of rotatable bonds is 6. The van der Waals surface area contributed by atoms with Crippen molar-refractivity contribution in [1.29, 1.82) is 0 Å². The molecule has 0 atom stereocenters. The van der Waals surface area contributed by atoms with Gasteiger partial charge in [-0.3, -0.25) is 10.0 Å². The molecule has 0 N–H and O–H groups in total. The van der Waals surface area contributed by atoms with Gasteiger partial charge in [-0.05, 0) is 37.5 Å². The minimum absolute atomic E-state index is 0.0334. The molecular formula is C15H22N4O2S2-2. The zero-order valence-electron chi connectivity index (χ0n) is 14.0. The van der Waals surface area contributed by atoms with Gasteiger partial charge >= 0.3 is 0 Å². The first-order chi connectivity index (χ1) is 10.6. The molecule has 0 spiro atoms. The van der Waals surface area contributed by atoms with Crippen molar-refractivity contribution >= 4 is 46.2 Å². The molecule has 0 saturated heterocycles. The molecule has 0 heterocycles. The van der Waals surface area contributed by atoms with E-state index in [1.807, 2.05) is 13.8 Å². The zero-order chi connectivity index (χ0) is 17.4. The highest BCUT2D eigenvalue weighted by Crippen LogP contribution is 2.47. The van der Waals surface area contributed by atoms with Crippen LogP contribution in [-0.4, -0.2) is 45.9 Å². The van der Waals surface area contributed by atoms with E-state index in [4.69, 9.17) is 24.4 Å². The van der Waals surface area contributed by atoms with E-state index in [2.05, 4.69) is 10.2 Å². The quantitative estimate of drug-likeness (QED) is 0.304. The standard InChI is InChI=1S/C15H24N4O2S2/c1-14(5-6-14)12(22)18(3)16-10(20)9-11(21)17-19(4)13(23)15(2)7-8-15/h5-9H2,1-4H3,(H,16,20)(H,17,21)/p-2. The summed E-state index contributed by atoms with van der Waals surface area (Å²) in [5.74, 6) is -1.10. The van der Waals surface area contributed by atoms with Crippen molar-refractivity contribution in [2.45, 2.75) is 46.0 Å². The Morgan fingerprint density at radius 1 is 0.870 bits per heavy atom. The molecule has 0 bridgehead atoms. The van der Waals surface area contributed by atoms with Crippen molar-refractivity contribution < 1.29 is 10.2 Å². The highest BCUT2D eigenvalue weighted by molar-refractivity contribution is 7.80. The first kappa shape index (κ1) is 18.1. The molecule has 0 radical (unpaired) electrons. The predicted molar refractivity (Wildman–Crippen MR) is 94.9 cm³/mol. The molecule has 0 aliphatic heterocycles. The Bertz CT molecular complexity index is 530. The summed E-state index contributed by atoms with van der Waals surface area (Å²) in [5, 5.41) is 34.3. The van der Waals surface area contributed by atoms with Crippen LogP contribution in [0.15, 0.2) is 10.2 Å². The Hall–Kier alpha value is -1.28. The molecule has 2 aliphatic carbocycles. The normalized spacial score (nSPS) is 21.6. The summed E-state index contributed by atoms with van der Waals surface area (Å²) in [7, 11) is 3.28. The summed E-state index contributed by atoms with van der Waals surface area (Å²) in [6.07, 6.45) is 3.65. The Morgan fingerprint density at radius 3 is 1.43 bits per heavy atom. The van der Waals surface area contributed by atoms with Gasteiger partial charge in [0.2, 0.25) is 0 Å². The molecule has 23 heavy (non-hydrogen) atoms. The van der Waals surface area contributed by atoms with Crippen LogP contribution in [0.4, 0.5) is 0 Å². The number of hydrazone groups is 2. The molecule has 0 aromatic rings. The first-order valence-electron chi connectivity index (χ1n) is 7.63. The van der Waals surface area contributed by atoms with Crippen LogP contribution < -0.4 is 10.2 Å².